The highest BCUT2D eigenvalue weighted by Gasteiger charge is 2.34. The highest BCUT2D eigenvalue weighted by atomic mass is 19.1. The summed E-state index contributed by atoms with van der Waals surface area (Å²) in [5.41, 5.74) is 5.45. The Bertz CT molecular complexity index is 1080. The van der Waals surface area contributed by atoms with E-state index >= 15 is 0 Å². The van der Waals surface area contributed by atoms with Crippen molar-refractivity contribution in [3.8, 4) is 5.75 Å². The average Bonchev–Trinajstić information content (AvgIpc) is 3.18. The summed E-state index contributed by atoms with van der Waals surface area (Å²) in [5, 5.41) is 0. The van der Waals surface area contributed by atoms with Crippen molar-refractivity contribution >= 4 is 5.78 Å². The van der Waals surface area contributed by atoms with E-state index in [1.165, 1.54) is 12.1 Å². The van der Waals surface area contributed by atoms with Gasteiger partial charge in [-0.15, -0.1) is 5.48 Å². The van der Waals surface area contributed by atoms with Crippen molar-refractivity contribution in [2.75, 3.05) is 19.6 Å². The Morgan fingerprint density at radius 1 is 1.23 bits per heavy atom. The van der Waals surface area contributed by atoms with Crippen LogP contribution in [0.3, 0.4) is 0 Å². The van der Waals surface area contributed by atoms with Crippen LogP contribution in [0.1, 0.15) is 59.2 Å². The molecule has 0 bridgehead atoms. The Balaban J connectivity index is 1.21. The quantitative estimate of drug-likeness (QED) is 0.810. The summed E-state index contributed by atoms with van der Waals surface area (Å²) in [7, 11) is 0. The lowest BCUT2D eigenvalue weighted by atomic mass is 9.86. The van der Waals surface area contributed by atoms with Gasteiger partial charge in [-0.3, -0.25) is 14.2 Å². The number of piperidine rings is 1. The molecule has 1 aromatic carbocycles. The lowest BCUT2D eigenvalue weighted by molar-refractivity contribution is 0.0945. The third-order valence-corrected chi connectivity index (χ3v) is 6.89. The number of aryl methyl sites for hydroxylation is 1. The normalized spacial score (nSPS) is 21.6. The largest absolute Gasteiger partial charge is 0.408 e. The minimum atomic E-state index is -0.289. The summed E-state index contributed by atoms with van der Waals surface area (Å²) in [6.07, 6.45) is 3.84. The molecule has 7 nitrogen and oxygen atoms in total. The second-order valence-electron chi connectivity index (χ2n) is 8.79. The molecule has 1 atom stereocenters. The Kier molecular flexibility index (Phi) is 5.35. The van der Waals surface area contributed by atoms with Crippen LogP contribution in [0, 0.1) is 18.7 Å². The number of halogens is 1. The fraction of sp³-hybridized carbons (Fsp3) is 0.522. The van der Waals surface area contributed by atoms with E-state index in [9.17, 15) is 14.0 Å². The minimum absolute atomic E-state index is 0.0334. The van der Waals surface area contributed by atoms with E-state index in [4.69, 9.17) is 4.84 Å². The molecule has 1 fully saturated rings. The van der Waals surface area contributed by atoms with Gasteiger partial charge in [-0.05, 0) is 57.7 Å². The maximum atomic E-state index is 13.4. The van der Waals surface area contributed by atoms with Crippen molar-refractivity contribution in [3.63, 3.8) is 0 Å². The van der Waals surface area contributed by atoms with Gasteiger partial charge >= 0.3 is 0 Å². The van der Waals surface area contributed by atoms with Gasteiger partial charge in [-0.2, -0.15) is 0 Å². The lowest BCUT2D eigenvalue weighted by Gasteiger charge is -2.34. The Morgan fingerprint density at radius 2 is 2.03 bits per heavy atom. The first-order valence-electron chi connectivity index (χ1n) is 11.1. The number of nitrogens with one attached hydrogen (secondary N) is 1. The van der Waals surface area contributed by atoms with Gasteiger partial charge in [0.1, 0.15) is 5.82 Å². The van der Waals surface area contributed by atoms with E-state index in [-0.39, 0.29) is 23.2 Å². The fourth-order valence-corrected chi connectivity index (χ4v) is 5.09. The number of ketones is 1. The molecular weight excluding hydrogens is 399 g/mol. The second kappa shape index (κ2) is 8.16. The SMILES string of the molecule is Cc1nc2n(c(=O)c1CCN1CCC(C3NOc4cc(F)ccc43)CC1)CCCC2=O. The highest BCUT2D eigenvalue weighted by Crippen LogP contribution is 2.39. The van der Waals surface area contributed by atoms with Gasteiger partial charge < -0.3 is 9.74 Å². The van der Waals surface area contributed by atoms with Crippen LogP contribution in [0.5, 0.6) is 5.75 Å². The average molecular weight is 426 g/mol. The molecule has 0 spiro atoms. The second-order valence-corrected chi connectivity index (χ2v) is 8.79. The zero-order valence-electron chi connectivity index (χ0n) is 17.7. The van der Waals surface area contributed by atoms with Crippen LogP contribution in [0.25, 0.3) is 0 Å². The van der Waals surface area contributed by atoms with Crippen molar-refractivity contribution in [2.45, 2.75) is 51.6 Å². The minimum Gasteiger partial charge on any atom is -0.408 e. The molecule has 1 unspecified atom stereocenters. The molecule has 31 heavy (non-hydrogen) atoms. The van der Waals surface area contributed by atoms with E-state index in [0.717, 1.165) is 43.6 Å². The van der Waals surface area contributed by atoms with Crippen LogP contribution in [0.15, 0.2) is 23.0 Å². The molecule has 0 saturated carbocycles. The predicted octanol–water partition coefficient (Wildman–Crippen LogP) is 2.56. The molecular formula is C23H27FN4O3. The summed E-state index contributed by atoms with van der Waals surface area (Å²) >= 11 is 0. The third-order valence-electron chi connectivity index (χ3n) is 6.89. The number of fused-ring (bicyclic) bond motifs is 2. The molecule has 1 aromatic heterocycles. The summed E-state index contributed by atoms with van der Waals surface area (Å²) in [4.78, 5) is 37.3. The fourth-order valence-electron chi connectivity index (χ4n) is 5.09. The summed E-state index contributed by atoms with van der Waals surface area (Å²) in [6, 6.07) is 4.81. The van der Waals surface area contributed by atoms with Gasteiger partial charge in [0.25, 0.3) is 5.56 Å². The first-order valence-corrected chi connectivity index (χ1v) is 11.1. The highest BCUT2D eigenvalue weighted by molar-refractivity contribution is 5.93. The number of rotatable bonds is 4. The van der Waals surface area contributed by atoms with Crippen LogP contribution in [0.4, 0.5) is 4.39 Å². The maximum Gasteiger partial charge on any atom is 0.257 e. The van der Waals surface area contributed by atoms with Gasteiger partial charge in [0, 0.05) is 42.4 Å². The molecule has 4 heterocycles. The van der Waals surface area contributed by atoms with Gasteiger partial charge in [0.05, 0.1) is 6.04 Å². The Hall–Kier alpha value is -2.58. The number of carbonyl (C=O) groups excluding carboxylic acids is 1. The molecule has 1 N–H and O–H groups in total. The number of Topliss-reactive ketones (excluding diaryl/α,β-unsaturated/α-hetero) is 1. The van der Waals surface area contributed by atoms with Crippen LogP contribution in [-0.4, -0.2) is 39.9 Å². The first kappa shape index (κ1) is 20.3. The Labute approximate surface area is 180 Å². The van der Waals surface area contributed by atoms with E-state index in [0.29, 0.717) is 49.0 Å². The topological polar surface area (TPSA) is 76.5 Å². The molecule has 0 aliphatic carbocycles. The molecule has 3 aliphatic rings. The maximum absolute atomic E-state index is 13.4. The Morgan fingerprint density at radius 3 is 2.84 bits per heavy atom. The van der Waals surface area contributed by atoms with Crippen LogP contribution in [0.2, 0.25) is 0 Å². The summed E-state index contributed by atoms with van der Waals surface area (Å²) < 4.78 is 15.0. The number of nitrogens with zero attached hydrogens (tertiary/aromatic N) is 3. The molecule has 3 aliphatic heterocycles. The van der Waals surface area contributed by atoms with Crippen molar-refractivity contribution in [2.24, 2.45) is 5.92 Å². The summed E-state index contributed by atoms with van der Waals surface area (Å²) in [6.45, 7) is 5.09. The van der Waals surface area contributed by atoms with Gasteiger partial charge in [0.15, 0.2) is 17.4 Å². The molecule has 2 aromatic rings. The van der Waals surface area contributed by atoms with Crippen LogP contribution >= 0.6 is 0 Å². The third kappa shape index (κ3) is 3.78. The molecule has 1 saturated heterocycles. The van der Waals surface area contributed by atoms with Crippen molar-refractivity contribution in [1.29, 1.82) is 0 Å². The van der Waals surface area contributed by atoms with E-state index in [1.54, 1.807) is 4.57 Å². The number of hydroxylamine groups is 1. The predicted molar refractivity (Wildman–Crippen MR) is 113 cm³/mol. The van der Waals surface area contributed by atoms with Crippen LogP contribution in [-0.2, 0) is 13.0 Å². The monoisotopic (exact) mass is 426 g/mol. The zero-order valence-corrected chi connectivity index (χ0v) is 17.7. The summed E-state index contributed by atoms with van der Waals surface area (Å²) in [5.74, 6) is 1.01. The number of likely N-dealkylation sites (tertiary alicyclic amines) is 1. The smallest absolute Gasteiger partial charge is 0.257 e. The van der Waals surface area contributed by atoms with E-state index in [1.807, 2.05) is 13.0 Å². The van der Waals surface area contributed by atoms with Gasteiger partial charge in [-0.25, -0.2) is 9.37 Å². The number of benzene rings is 1. The number of aromatic nitrogens is 2. The first-order chi connectivity index (χ1) is 15.0. The standard InChI is InChI=1S/C23H27FN4O3/c1-14-17(23(30)28-9-2-3-19(29)22(28)25-14)8-12-27-10-6-15(7-11-27)21-18-5-4-16(24)13-20(18)31-26-21/h4-5,13,15,21,26H,2-3,6-12H2,1H3. The van der Waals surface area contributed by atoms with Gasteiger partial charge in [-0.1, -0.05) is 6.07 Å². The van der Waals surface area contributed by atoms with Gasteiger partial charge in [0.2, 0.25) is 0 Å². The number of hydrogen-bond donors (Lipinski definition) is 1. The molecule has 164 valence electrons. The van der Waals surface area contributed by atoms with Crippen molar-refractivity contribution < 1.29 is 14.0 Å². The van der Waals surface area contributed by atoms with Crippen LogP contribution < -0.4 is 15.9 Å². The van der Waals surface area contributed by atoms with Crippen molar-refractivity contribution in [3.05, 3.63) is 57.0 Å². The molecule has 0 amide bonds. The van der Waals surface area contributed by atoms with E-state index < -0.39 is 0 Å². The lowest BCUT2D eigenvalue weighted by Crippen LogP contribution is -2.40. The molecule has 5 rings (SSSR count). The zero-order chi connectivity index (χ0) is 21.5. The molecule has 0 radical (unpaired) electrons. The number of carbonyl (C=O) groups is 1. The molecule has 8 heteroatoms. The van der Waals surface area contributed by atoms with E-state index in [2.05, 4.69) is 15.4 Å². The van der Waals surface area contributed by atoms with Crippen molar-refractivity contribution in [1.82, 2.24) is 19.9 Å². The number of hydrogen-bond acceptors (Lipinski definition) is 6.